The highest BCUT2D eigenvalue weighted by atomic mass is 16.6. The Morgan fingerprint density at radius 2 is 2.00 bits per heavy atom. The highest BCUT2D eigenvalue weighted by Gasteiger charge is 1.99. The Morgan fingerprint density at radius 3 is 2.50 bits per heavy atom. The van der Waals surface area contributed by atoms with Crippen LogP contribution >= 0.6 is 0 Å². The van der Waals surface area contributed by atoms with Crippen LogP contribution in [0.15, 0.2) is 35.5 Å². The molecule has 0 heterocycles. The van der Waals surface area contributed by atoms with Crippen molar-refractivity contribution in [3.8, 4) is 0 Å². The van der Waals surface area contributed by atoms with Gasteiger partial charge in [-0.1, -0.05) is 42.4 Å². The summed E-state index contributed by atoms with van der Waals surface area (Å²) in [5, 5.41) is 3.82. The fraction of sp³-hybridized carbons (Fsp3) is 0.200. The maximum Gasteiger partial charge on any atom is 0.106 e. The van der Waals surface area contributed by atoms with E-state index in [4.69, 9.17) is 0 Å². The molecular formula is C10H11NO. The molecule has 0 aromatic heterocycles. The van der Waals surface area contributed by atoms with Gasteiger partial charge in [-0.25, -0.2) is 0 Å². The molecule has 2 radical (unpaired) electrons. The number of hydrogen-bond donors (Lipinski definition) is 0. The first kappa shape index (κ1) is 8.78. The third-order valence-corrected chi connectivity index (χ3v) is 1.47. The lowest BCUT2D eigenvalue weighted by molar-refractivity contribution is 0.214. The van der Waals surface area contributed by atoms with Gasteiger partial charge in [-0.2, -0.15) is 0 Å². The molecule has 0 fully saturated rings. The van der Waals surface area contributed by atoms with Crippen LogP contribution in [0.1, 0.15) is 12.5 Å². The molecule has 0 saturated heterocycles. The van der Waals surface area contributed by atoms with Crippen molar-refractivity contribution in [2.45, 2.75) is 6.92 Å². The first-order valence-corrected chi connectivity index (χ1v) is 3.73. The van der Waals surface area contributed by atoms with E-state index in [0.717, 1.165) is 11.3 Å². The smallest absolute Gasteiger partial charge is 0.106 e. The molecule has 0 unspecified atom stereocenters. The quantitative estimate of drug-likeness (QED) is 0.491. The van der Waals surface area contributed by atoms with Crippen molar-refractivity contribution in [2.24, 2.45) is 5.16 Å². The maximum atomic E-state index is 4.67. The van der Waals surface area contributed by atoms with E-state index < -0.39 is 0 Å². The fourth-order valence-corrected chi connectivity index (χ4v) is 0.930. The summed E-state index contributed by atoms with van der Waals surface area (Å²) in [6.45, 7) is 1.81. The van der Waals surface area contributed by atoms with Gasteiger partial charge in [0.2, 0.25) is 0 Å². The van der Waals surface area contributed by atoms with E-state index >= 15 is 0 Å². The Labute approximate surface area is 72.9 Å². The van der Waals surface area contributed by atoms with Crippen LogP contribution < -0.4 is 0 Å². The van der Waals surface area contributed by atoms with Crippen LogP contribution in [0.5, 0.6) is 0 Å². The summed E-state index contributed by atoms with van der Waals surface area (Å²) in [4.78, 5) is 4.67. The second-order valence-electron chi connectivity index (χ2n) is 2.24. The van der Waals surface area contributed by atoms with Gasteiger partial charge in [0.25, 0.3) is 0 Å². The molecular weight excluding hydrogens is 150 g/mol. The second kappa shape index (κ2) is 4.54. The molecule has 0 aliphatic heterocycles. The molecule has 0 aliphatic carbocycles. The summed E-state index contributed by atoms with van der Waals surface area (Å²) in [6, 6.07) is 9.81. The van der Waals surface area contributed by atoms with Crippen LogP contribution in [0, 0.1) is 6.42 Å². The van der Waals surface area contributed by atoms with Gasteiger partial charge in [-0.3, -0.25) is 0 Å². The van der Waals surface area contributed by atoms with Crippen LogP contribution in [0.25, 0.3) is 0 Å². The van der Waals surface area contributed by atoms with Gasteiger partial charge >= 0.3 is 0 Å². The molecule has 2 nitrogen and oxygen atoms in total. The maximum absolute atomic E-state index is 4.67. The summed E-state index contributed by atoms with van der Waals surface area (Å²) in [6.07, 6.45) is 2.94. The first-order chi connectivity index (χ1) is 5.88. The predicted octanol–water partition coefficient (Wildman–Crippen LogP) is 2.14. The van der Waals surface area contributed by atoms with Gasteiger partial charge in [0.15, 0.2) is 0 Å². The summed E-state index contributed by atoms with van der Waals surface area (Å²) in [5.41, 5.74) is 1.75. The van der Waals surface area contributed by atoms with Gasteiger partial charge in [-0.05, 0) is 5.56 Å². The molecule has 0 spiro atoms. The van der Waals surface area contributed by atoms with Gasteiger partial charge in [0.05, 0.1) is 5.71 Å². The van der Waals surface area contributed by atoms with Crippen molar-refractivity contribution >= 4 is 5.71 Å². The Balaban J connectivity index is 2.88. The lowest BCUT2D eigenvalue weighted by Crippen LogP contribution is -1.99. The molecule has 2 heteroatoms. The molecule has 0 amide bonds. The predicted molar refractivity (Wildman–Crippen MR) is 48.9 cm³/mol. The van der Waals surface area contributed by atoms with E-state index in [1.807, 2.05) is 37.3 Å². The zero-order valence-electron chi connectivity index (χ0n) is 7.24. The minimum absolute atomic E-state index is 0.734. The Morgan fingerprint density at radius 1 is 1.33 bits per heavy atom. The lowest BCUT2D eigenvalue weighted by Gasteiger charge is -2.00. The largest absolute Gasteiger partial charge is 0.399 e. The Bertz CT molecular complexity index is 254. The zero-order valence-corrected chi connectivity index (χ0v) is 7.24. The molecule has 0 atom stereocenters. The first-order valence-electron chi connectivity index (χ1n) is 3.73. The molecule has 0 saturated carbocycles. The minimum Gasteiger partial charge on any atom is -0.399 e. The van der Waals surface area contributed by atoms with Crippen molar-refractivity contribution < 1.29 is 4.84 Å². The molecule has 1 aromatic carbocycles. The topological polar surface area (TPSA) is 21.6 Å². The van der Waals surface area contributed by atoms with E-state index in [9.17, 15) is 0 Å². The molecule has 0 bridgehead atoms. The summed E-state index contributed by atoms with van der Waals surface area (Å²) < 4.78 is 0. The Hall–Kier alpha value is -1.31. The van der Waals surface area contributed by atoms with Gasteiger partial charge < -0.3 is 4.84 Å². The third-order valence-electron chi connectivity index (χ3n) is 1.47. The van der Waals surface area contributed by atoms with Crippen molar-refractivity contribution in [1.82, 2.24) is 0 Å². The van der Waals surface area contributed by atoms with Crippen molar-refractivity contribution in [1.29, 1.82) is 0 Å². The van der Waals surface area contributed by atoms with E-state index in [0.29, 0.717) is 0 Å². The van der Waals surface area contributed by atoms with Crippen LogP contribution in [-0.4, -0.2) is 12.8 Å². The number of hydrogen-bond acceptors (Lipinski definition) is 2. The number of oxime groups is 1. The van der Waals surface area contributed by atoms with Crippen LogP contribution in [0.3, 0.4) is 0 Å². The van der Waals surface area contributed by atoms with E-state index in [2.05, 4.69) is 16.4 Å². The molecule has 0 aliphatic rings. The van der Waals surface area contributed by atoms with Crippen LogP contribution in [-0.2, 0) is 4.84 Å². The Kier molecular flexibility index (Phi) is 3.33. The van der Waals surface area contributed by atoms with Crippen LogP contribution in [0.4, 0.5) is 0 Å². The van der Waals surface area contributed by atoms with Crippen LogP contribution in [0.2, 0.25) is 0 Å². The highest BCUT2D eigenvalue weighted by Crippen LogP contribution is 2.03. The molecule has 62 valence electrons. The van der Waals surface area contributed by atoms with Gasteiger partial charge in [0, 0.05) is 6.42 Å². The lowest BCUT2D eigenvalue weighted by atomic mass is 10.1. The van der Waals surface area contributed by atoms with E-state index in [1.54, 1.807) is 0 Å². The second-order valence-corrected chi connectivity index (χ2v) is 2.24. The van der Waals surface area contributed by atoms with E-state index in [-0.39, 0.29) is 0 Å². The van der Waals surface area contributed by atoms with Crippen molar-refractivity contribution in [2.75, 3.05) is 7.11 Å². The van der Waals surface area contributed by atoms with Crippen molar-refractivity contribution in [3.05, 3.63) is 42.3 Å². The summed E-state index contributed by atoms with van der Waals surface area (Å²) in [5.74, 6) is 0. The summed E-state index contributed by atoms with van der Waals surface area (Å²) in [7, 11) is 1.53. The standard InChI is InChI=1S/C10H11NO/c1-3-10(11-12-2)9-7-5-4-6-8-9/h4-8H,1-2H3. The number of rotatable bonds is 3. The number of benzene rings is 1. The summed E-state index contributed by atoms with van der Waals surface area (Å²) >= 11 is 0. The number of nitrogens with zero attached hydrogens (tertiary/aromatic N) is 1. The SMILES string of the molecule is C[C]C(=NOC)c1ccccc1. The van der Waals surface area contributed by atoms with Crippen molar-refractivity contribution in [3.63, 3.8) is 0 Å². The van der Waals surface area contributed by atoms with E-state index in [1.165, 1.54) is 7.11 Å². The van der Waals surface area contributed by atoms with Gasteiger partial charge in [-0.15, -0.1) is 0 Å². The van der Waals surface area contributed by atoms with Gasteiger partial charge in [0.1, 0.15) is 7.11 Å². The highest BCUT2D eigenvalue weighted by molar-refractivity contribution is 6.05. The fourth-order valence-electron chi connectivity index (χ4n) is 0.930. The normalized spacial score (nSPS) is 11.3. The third kappa shape index (κ3) is 2.09. The molecule has 0 N–H and O–H groups in total. The zero-order chi connectivity index (χ0) is 8.81. The molecule has 1 aromatic rings. The average molecular weight is 161 g/mol. The molecule has 12 heavy (non-hydrogen) atoms. The molecule has 1 rings (SSSR count). The minimum atomic E-state index is 0.734. The average Bonchev–Trinajstić information content (AvgIpc) is 2.15. The monoisotopic (exact) mass is 161 g/mol.